The first-order chi connectivity index (χ1) is 13.4. The monoisotopic (exact) mass is 394 g/mol. The maximum Gasteiger partial charge on any atom is 0.270 e. The van der Waals surface area contributed by atoms with Gasteiger partial charge >= 0.3 is 0 Å². The van der Waals surface area contributed by atoms with Crippen molar-refractivity contribution in [2.75, 3.05) is 11.9 Å². The highest BCUT2D eigenvalue weighted by molar-refractivity contribution is 7.14. The van der Waals surface area contributed by atoms with Crippen molar-refractivity contribution in [3.63, 3.8) is 0 Å². The van der Waals surface area contributed by atoms with Crippen molar-refractivity contribution >= 4 is 22.4 Å². The van der Waals surface area contributed by atoms with Crippen LogP contribution in [-0.4, -0.2) is 23.6 Å². The average Bonchev–Trinajstić information content (AvgIpc) is 3.15. The van der Waals surface area contributed by atoms with Crippen molar-refractivity contribution in [2.24, 2.45) is 0 Å². The van der Waals surface area contributed by atoms with Crippen LogP contribution < -0.4 is 14.8 Å². The Balaban J connectivity index is 1.43. The molecule has 3 aromatic rings. The van der Waals surface area contributed by atoms with Crippen LogP contribution in [0.25, 0.3) is 11.3 Å². The molecule has 6 heteroatoms. The SMILES string of the molecule is CC(C)(C)c1ccc(-c2csc(NC(=O)C3COc4ccccc4O3)n2)cc1. The Morgan fingerprint density at radius 2 is 1.82 bits per heavy atom. The molecule has 28 heavy (non-hydrogen) atoms. The van der Waals surface area contributed by atoms with Crippen molar-refractivity contribution in [3.8, 4) is 22.8 Å². The molecule has 0 radical (unpaired) electrons. The summed E-state index contributed by atoms with van der Waals surface area (Å²) in [5.74, 6) is 0.966. The highest BCUT2D eigenvalue weighted by atomic mass is 32.1. The van der Waals surface area contributed by atoms with Crippen molar-refractivity contribution in [1.82, 2.24) is 4.98 Å². The average molecular weight is 394 g/mol. The molecule has 1 N–H and O–H groups in total. The van der Waals surface area contributed by atoms with Crippen LogP contribution >= 0.6 is 11.3 Å². The Kier molecular flexibility index (Phi) is 4.81. The van der Waals surface area contributed by atoms with E-state index in [1.165, 1.54) is 16.9 Å². The highest BCUT2D eigenvalue weighted by Crippen LogP contribution is 2.32. The molecule has 1 amide bonds. The number of amides is 1. The van der Waals surface area contributed by atoms with Gasteiger partial charge in [0.2, 0.25) is 6.10 Å². The van der Waals surface area contributed by atoms with Crippen LogP contribution in [0.5, 0.6) is 11.5 Å². The second-order valence-electron chi connectivity index (χ2n) is 7.72. The van der Waals surface area contributed by atoms with Crippen LogP contribution in [0.4, 0.5) is 5.13 Å². The van der Waals surface area contributed by atoms with Gasteiger partial charge in [-0.25, -0.2) is 4.98 Å². The normalized spacial score (nSPS) is 15.9. The maximum absolute atomic E-state index is 12.5. The van der Waals surface area contributed by atoms with E-state index in [1.54, 1.807) is 6.07 Å². The third-order valence-electron chi connectivity index (χ3n) is 4.58. The maximum atomic E-state index is 12.5. The Morgan fingerprint density at radius 1 is 1.11 bits per heavy atom. The second kappa shape index (κ2) is 7.28. The van der Waals surface area contributed by atoms with Crippen molar-refractivity contribution in [3.05, 3.63) is 59.5 Å². The number of fused-ring (bicyclic) bond motifs is 1. The molecule has 1 atom stereocenters. The van der Waals surface area contributed by atoms with Gasteiger partial charge in [0.15, 0.2) is 16.6 Å². The van der Waals surface area contributed by atoms with E-state index in [2.05, 4.69) is 55.3 Å². The Bertz CT molecular complexity index is 990. The van der Waals surface area contributed by atoms with Crippen LogP contribution in [0.15, 0.2) is 53.9 Å². The lowest BCUT2D eigenvalue weighted by Gasteiger charge is -2.25. The van der Waals surface area contributed by atoms with Gasteiger partial charge < -0.3 is 9.47 Å². The van der Waals surface area contributed by atoms with Gasteiger partial charge in [0, 0.05) is 10.9 Å². The minimum atomic E-state index is -0.701. The fraction of sp³-hybridized carbons (Fsp3) is 0.273. The summed E-state index contributed by atoms with van der Waals surface area (Å²) in [4.78, 5) is 17.1. The summed E-state index contributed by atoms with van der Waals surface area (Å²) < 4.78 is 11.3. The number of thiazole rings is 1. The summed E-state index contributed by atoms with van der Waals surface area (Å²) in [6.45, 7) is 6.74. The number of para-hydroxylation sites is 2. The van der Waals surface area contributed by atoms with Gasteiger partial charge in [0.05, 0.1) is 5.69 Å². The van der Waals surface area contributed by atoms with Crippen molar-refractivity contribution < 1.29 is 14.3 Å². The Labute approximate surface area is 168 Å². The van der Waals surface area contributed by atoms with Crippen LogP contribution in [0, 0.1) is 0 Å². The molecule has 0 fully saturated rings. The van der Waals surface area contributed by atoms with E-state index < -0.39 is 6.10 Å². The molecule has 2 heterocycles. The molecule has 0 saturated heterocycles. The quantitative estimate of drug-likeness (QED) is 0.687. The van der Waals surface area contributed by atoms with Crippen molar-refractivity contribution in [1.29, 1.82) is 0 Å². The Morgan fingerprint density at radius 3 is 2.54 bits per heavy atom. The number of benzene rings is 2. The first kappa shape index (κ1) is 18.5. The summed E-state index contributed by atoms with van der Waals surface area (Å²) in [6.07, 6.45) is -0.701. The van der Waals surface area contributed by atoms with E-state index in [1.807, 2.05) is 23.6 Å². The van der Waals surface area contributed by atoms with Gasteiger partial charge in [-0.3, -0.25) is 10.1 Å². The van der Waals surface area contributed by atoms with Gasteiger partial charge in [-0.05, 0) is 23.1 Å². The predicted octanol–water partition coefficient (Wildman–Crippen LogP) is 4.89. The van der Waals surface area contributed by atoms with E-state index in [4.69, 9.17) is 9.47 Å². The van der Waals surface area contributed by atoms with Crippen LogP contribution in [-0.2, 0) is 10.2 Å². The predicted molar refractivity (Wildman–Crippen MR) is 111 cm³/mol. The first-order valence-electron chi connectivity index (χ1n) is 9.16. The number of hydrogen-bond acceptors (Lipinski definition) is 5. The van der Waals surface area contributed by atoms with Crippen LogP contribution in [0.2, 0.25) is 0 Å². The molecule has 1 aliphatic rings. The topological polar surface area (TPSA) is 60.5 Å². The van der Waals surface area contributed by atoms with Gasteiger partial charge in [-0.1, -0.05) is 57.2 Å². The molecule has 4 rings (SSSR count). The molecule has 1 aliphatic heterocycles. The largest absolute Gasteiger partial charge is 0.485 e. The number of carbonyl (C=O) groups excluding carboxylic acids is 1. The molecule has 5 nitrogen and oxygen atoms in total. The molecule has 1 aromatic heterocycles. The fourth-order valence-corrected chi connectivity index (χ4v) is 3.66. The van der Waals surface area contributed by atoms with E-state index in [0.29, 0.717) is 16.6 Å². The molecule has 0 saturated carbocycles. The van der Waals surface area contributed by atoms with Gasteiger partial charge in [-0.2, -0.15) is 0 Å². The first-order valence-corrected chi connectivity index (χ1v) is 10.0. The Hall–Kier alpha value is -2.86. The number of carbonyl (C=O) groups is 1. The minimum absolute atomic E-state index is 0.112. The van der Waals surface area contributed by atoms with Crippen molar-refractivity contribution in [2.45, 2.75) is 32.3 Å². The lowest BCUT2D eigenvalue weighted by molar-refractivity contribution is -0.125. The van der Waals surface area contributed by atoms with Crippen LogP contribution in [0.1, 0.15) is 26.3 Å². The number of aromatic nitrogens is 1. The van der Waals surface area contributed by atoms with Crippen LogP contribution in [0.3, 0.4) is 0 Å². The number of nitrogens with one attached hydrogen (secondary N) is 1. The van der Waals surface area contributed by atoms with Gasteiger partial charge in [-0.15, -0.1) is 11.3 Å². The number of rotatable bonds is 3. The molecule has 144 valence electrons. The summed E-state index contributed by atoms with van der Waals surface area (Å²) >= 11 is 1.39. The van der Waals surface area contributed by atoms with Gasteiger partial charge in [0.25, 0.3) is 5.91 Å². The summed E-state index contributed by atoms with van der Waals surface area (Å²) in [6, 6.07) is 15.7. The third kappa shape index (κ3) is 3.87. The number of ether oxygens (including phenoxy) is 2. The van der Waals surface area contributed by atoms with E-state index in [9.17, 15) is 4.79 Å². The van der Waals surface area contributed by atoms with E-state index >= 15 is 0 Å². The zero-order valence-electron chi connectivity index (χ0n) is 16.1. The van der Waals surface area contributed by atoms with E-state index in [-0.39, 0.29) is 17.9 Å². The fourth-order valence-electron chi connectivity index (χ4n) is 2.94. The molecule has 0 aliphatic carbocycles. The standard InChI is InChI=1S/C22H22N2O3S/c1-22(2,3)15-10-8-14(9-11-15)16-13-28-21(23-16)24-20(25)19-12-26-17-6-4-5-7-18(17)27-19/h4-11,13,19H,12H2,1-3H3,(H,23,24,25). The zero-order valence-corrected chi connectivity index (χ0v) is 16.9. The number of hydrogen-bond donors (Lipinski definition) is 1. The lowest BCUT2D eigenvalue weighted by Crippen LogP contribution is -2.40. The molecule has 0 spiro atoms. The third-order valence-corrected chi connectivity index (χ3v) is 5.34. The number of anilines is 1. The smallest absolute Gasteiger partial charge is 0.270 e. The molecular weight excluding hydrogens is 372 g/mol. The van der Waals surface area contributed by atoms with Gasteiger partial charge in [0.1, 0.15) is 6.61 Å². The van der Waals surface area contributed by atoms with E-state index in [0.717, 1.165) is 11.3 Å². The second-order valence-corrected chi connectivity index (χ2v) is 8.58. The lowest BCUT2D eigenvalue weighted by atomic mass is 9.86. The highest BCUT2D eigenvalue weighted by Gasteiger charge is 2.28. The molecule has 0 bridgehead atoms. The molecule has 2 aromatic carbocycles. The molecular formula is C22H22N2O3S. The summed E-state index contributed by atoms with van der Waals surface area (Å²) in [5, 5.41) is 5.32. The zero-order chi connectivity index (χ0) is 19.7. The summed E-state index contributed by atoms with van der Waals surface area (Å²) in [7, 11) is 0. The summed E-state index contributed by atoms with van der Waals surface area (Å²) in [5.41, 5.74) is 3.25. The number of nitrogens with zero attached hydrogens (tertiary/aromatic N) is 1. The molecule has 1 unspecified atom stereocenters. The minimum Gasteiger partial charge on any atom is -0.485 e.